The number of nitrogens with zero attached hydrogens (tertiary/aromatic N) is 2. The number of carbonyl (C=O) groups is 1. The second kappa shape index (κ2) is 7.37. The minimum absolute atomic E-state index is 0.0436. The molecule has 18 heavy (non-hydrogen) atoms. The summed E-state index contributed by atoms with van der Waals surface area (Å²) in [4.78, 5) is 18.3. The zero-order valence-electron chi connectivity index (χ0n) is 11.3. The van der Waals surface area contributed by atoms with Crippen LogP contribution in [0.25, 0.3) is 0 Å². The number of carbonyl (C=O) groups excluding carboxylic acids is 1. The minimum Gasteiger partial charge on any atom is -0.336 e. The molecule has 0 saturated carbocycles. The van der Waals surface area contributed by atoms with Gasteiger partial charge in [0.1, 0.15) is 5.15 Å². The van der Waals surface area contributed by atoms with Crippen LogP contribution in [-0.2, 0) is 0 Å². The molecule has 0 aliphatic rings. The summed E-state index contributed by atoms with van der Waals surface area (Å²) in [6.07, 6.45) is 4.63. The molecule has 0 fully saturated rings. The third-order valence-corrected chi connectivity index (χ3v) is 3.32. The van der Waals surface area contributed by atoms with Gasteiger partial charge in [0, 0.05) is 24.3 Å². The molecule has 1 unspecified atom stereocenters. The SMILES string of the molecule is CCCCN(C(=O)c1ccnc(Cl)c1)C(C)CC. The van der Waals surface area contributed by atoms with Crippen molar-refractivity contribution in [1.29, 1.82) is 0 Å². The first-order valence-corrected chi connectivity index (χ1v) is 6.90. The molecule has 1 heterocycles. The van der Waals surface area contributed by atoms with E-state index < -0.39 is 0 Å². The lowest BCUT2D eigenvalue weighted by molar-refractivity contribution is 0.0685. The van der Waals surface area contributed by atoms with E-state index in [1.54, 1.807) is 18.3 Å². The molecular formula is C14H21ClN2O. The van der Waals surface area contributed by atoms with Crippen LogP contribution in [0.3, 0.4) is 0 Å². The Kier molecular flexibility index (Phi) is 6.13. The molecule has 1 rings (SSSR count). The first-order valence-electron chi connectivity index (χ1n) is 6.52. The van der Waals surface area contributed by atoms with E-state index >= 15 is 0 Å². The Bertz CT molecular complexity index is 395. The summed E-state index contributed by atoms with van der Waals surface area (Å²) in [5, 5.41) is 0.362. The van der Waals surface area contributed by atoms with Gasteiger partial charge in [-0.05, 0) is 31.9 Å². The van der Waals surface area contributed by atoms with Gasteiger partial charge >= 0.3 is 0 Å². The summed E-state index contributed by atoms with van der Waals surface area (Å²) < 4.78 is 0. The topological polar surface area (TPSA) is 33.2 Å². The first-order chi connectivity index (χ1) is 8.60. The lowest BCUT2D eigenvalue weighted by atomic mass is 10.1. The van der Waals surface area contributed by atoms with E-state index in [1.165, 1.54) is 0 Å². The maximum Gasteiger partial charge on any atom is 0.254 e. The highest BCUT2D eigenvalue weighted by Crippen LogP contribution is 2.14. The van der Waals surface area contributed by atoms with Crippen molar-refractivity contribution < 1.29 is 4.79 Å². The van der Waals surface area contributed by atoms with Gasteiger partial charge in [0.2, 0.25) is 0 Å². The van der Waals surface area contributed by atoms with Crippen LogP contribution in [-0.4, -0.2) is 28.4 Å². The quantitative estimate of drug-likeness (QED) is 0.736. The average molecular weight is 269 g/mol. The zero-order valence-corrected chi connectivity index (χ0v) is 12.1. The third-order valence-electron chi connectivity index (χ3n) is 3.11. The summed E-state index contributed by atoms with van der Waals surface area (Å²) in [5.41, 5.74) is 0.617. The Hall–Kier alpha value is -1.09. The summed E-state index contributed by atoms with van der Waals surface area (Å²) in [6, 6.07) is 3.59. The summed E-state index contributed by atoms with van der Waals surface area (Å²) in [5.74, 6) is 0.0436. The zero-order chi connectivity index (χ0) is 13.5. The molecule has 0 aliphatic carbocycles. The molecule has 0 N–H and O–H groups in total. The summed E-state index contributed by atoms with van der Waals surface area (Å²) in [7, 11) is 0. The normalized spacial score (nSPS) is 12.2. The summed E-state index contributed by atoms with van der Waals surface area (Å²) in [6.45, 7) is 7.10. The van der Waals surface area contributed by atoms with Crippen molar-refractivity contribution in [3.8, 4) is 0 Å². The Morgan fingerprint density at radius 3 is 2.78 bits per heavy atom. The molecule has 0 radical (unpaired) electrons. The predicted octanol–water partition coefficient (Wildman–Crippen LogP) is 3.78. The Morgan fingerprint density at radius 2 is 2.22 bits per heavy atom. The molecular weight excluding hydrogens is 248 g/mol. The number of unbranched alkanes of at least 4 members (excludes halogenated alkanes) is 1. The fourth-order valence-electron chi connectivity index (χ4n) is 1.77. The highest BCUT2D eigenvalue weighted by molar-refractivity contribution is 6.29. The maximum absolute atomic E-state index is 12.4. The van der Waals surface area contributed by atoms with Crippen molar-refractivity contribution in [2.24, 2.45) is 0 Å². The molecule has 0 aliphatic heterocycles. The maximum atomic E-state index is 12.4. The molecule has 3 nitrogen and oxygen atoms in total. The van der Waals surface area contributed by atoms with Crippen LogP contribution in [0.5, 0.6) is 0 Å². The van der Waals surface area contributed by atoms with Gasteiger partial charge in [0.25, 0.3) is 5.91 Å². The molecule has 1 aromatic rings. The van der Waals surface area contributed by atoms with Crippen LogP contribution < -0.4 is 0 Å². The van der Waals surface area contributed by atoms with E-state index in [0.717, 1.165) is 25.8 Å². The molecule has 0 saturated heterocycles. The Balaban J connectivity index is 2.87. The van der Waals surface area contributed by atoms with Gasteiger partial charge in [0.05, 0.1) is 0 Å². The fourth-order valence-corrected chi connectivity index (χ4v) is 1.95. The molecule has 1 atom stereocenters. The predicted molar refractivity (Wildman–Crippen MR) is 74.9 cm³/mol. The monoisotopic (exact) mass is 268 g/mol. The van der Waals surface area contributed by atoms with E-state index in [9.17, 15) is 4.79 Å². The van der Waals surface area contributed by atoms with Crippen molar-refractivity contribution in [2.45, 2.75) is 46.1 Å². The van der Waals surface area contributed by atoms with Crippen molar-refractivity contribution in [3.63, 3.8) is 0 Å². The molecule has 0 bridgehead atoms. The van der Waals surface area contributed by atoms with E-state index in [1.807, 2.05) is 4.90 Å². The Labute approximate surface area is 114 Å². The van der Waals surface area contributed by atoms with Gasteiger partial charge in [-0.15, -0.1) is 0 Å². The van der Waals surface area contributed by atoms with Crippen molar-refractivity contribution in [3.05, 3.63) is 29.0 Å². The van der Waals surface area contributed by atoms with Crippen molar-refractivity contribution in [1.82, 2.24) is 9.88 Å². The average Bonchev–Trinajstić information content (AvgIpc) is 2.38. The van der Waals surface area contributed by atoms with Gasteiger partial charge in [-0.1, -0.05) is 31.9 Å². The number of aromatic nitrogens is 1. The second-order valence-electron chi connectivity index (χ2n) is 4.48. The highest BCUT2D eigenvalue weighted by Gasteiger charge is 2.20. The van der Waals surface area contributed by atoms with Gasteiger partial charge in [-0.2, -0.15) is 0 Å². The third kappa shape index (κ3) is 3.98. The number of halogens is 1. The van der Waals surface area contributed by atoms with Crippen LogP contribution in [0.15, 0.2) is 18.3 Å². The summed E-state index contributed by atoms with van der Waals surface area (Å²) >= 11 is 5.83. The number of hydrogen-bond donors (Lipinski definition) is 0. The van der Waals surface area contributed by atoms with Gasteiger partial charge in [-0.25, -0.2) is 4.98 Å². The molecule has 1 aromatic heterocycles. The van der Waals surface area contributed by atoms with E-state index in [4.69, 9.17) is 11.6 Å². The van der Waals surface area contributed by atoms with Crippen molar-refractivity contribution >= 4 is 17.5 Å². The van der Waals surface area contributed by atoms with E-state index in [-0.39, 0.29) is 11.9 Å². The molecule has 0 spiro atoms. The minimum atomic E-state index is 0.0436. The van der Waals surface area contributed by atoms with Crippen LogP contribution in [0.2, 0.25) is 5.15 Å². The van der Waals surface area contributed by atoms with Crippen LogP contribution in [0, 0.1) is 0 Å². The standard InChI is InChI=1S/C14H21ClN2O/c1-4-6-9-17(11(3)5-2)14(18)12-7-8-16-13(15)10-12/h7-8,10-11H,4-6,9H2,1-3H3. The van der Waals surface area contributed by atoms with Crippen molar-refractivity contribution in [2.75, 3.05) is 6.54 Å². The molecule has 0 aromatic carbocycles. The number of rotatable bonds is 6. The van der Waals surface area contributed by atoms with Crippen LogP contribution in [0.4, 0.5) is 0 Å². The largest absolute Gasteiger partial charge is 0.336 e. The number of hydrogen-bond acceptors (Lipinski definition) is 2. The molecule has 4 heteroatoms. The molecule has 100 valence electrons. The number of amides is 1. The lowest BCUT2D eigenvalue weighted by Crippen LogP contribution is -2.39. The smallest absolute Gasteiger partial charge is 0.254 e. The van der Waals surface area contributed by atoms with Gasteiger partial charge in [0.15, 0.2) is 0 Å². The van der Waals surface area contributed by atoms with E-state index in [0.29, 0.717) is 10.7 Å². The highest BCUT2D eigenvalue weighted by atomic mass is 35.5. The van der Waals surface area contributed by atoms with Crippen LogP contribution in [0.1, 0.15) is 50.4 Å². The number of pyridine rings is 1. The molecule has 1 amide bonds. The Morgan fingerprint density at radius 1 is 1.50 bits per heavy atom. The van der Waals surface area contributed by atoms with Gasteiger partial charge in [-0.3, -0.25) is 4.79 Å². The first kappa shape index (κ1) is 15.0. The fraction of sp³-hybridized carbons (Fsp3) is 0.571. The lowest BCUT2D eigenvalue weighted by Gasteiger charge is -2.28. The van der Waals surface area contributed by atoms with E-state index in [2.05, 4.69) is 25.8 Å². The van der Waals surface area contributed by atoms with Gasteiger partial charge < -0.3 is 4.90 Å². The second-order valence-corrected chi connectivity index (χ2v) is 4.86. The van der Waals surface area contributed by atoms with Crippen LogP contribution >= 0.6 is 11.6 Å².